The highest BCUT2D eigenvalue weighted by Gasteiger charge is 2.41. The molecule has 0 radical (unpaired) electrons. The Balaban J connectivity index is 4.41. The molecule has 2 N–H and O–H groups in total. The molecule has 0 aromatic rings. The predicted octanol–water partition coefficient (Wildman–Crippen LogP) is 0.603. The van der Waals surface area contributed by atoms with Gasteiger partial charge in [0.2, 0.25) is 5.91 Å². The standard InChI is InChI=1S/C7H10F3NO3/c1-14-6(13)3-4(2-5(11)12)7(8,9)10/h4H,2-3H2,1H3,(H2,11,12). The van der Waals surface area contributed by atoms with Gasteiger partial charge in [0.1, 0.15) is 0 Å². The number of hydrogen-bond acceptors (Lipinski definition) is 3. The fraction of sp³-hybridized carbons (Fsp3) is 0.714. The number of alkyl halides is 3. The summed E-state index contributed by atoms with van der Waals surface area (Å²) in [6, 6.07) is 0. The molecule has 0 saturated heterocycles. The highest BCUT2D eigenvalue weighted by atomic mass is 19.4. The number of carbonyl (C=O) groups is 2. The molecule has 0 bridgehead atoms. The molecule has 14 heavy (non-hydrogen) atoms. The van der Waals surface area contributed by atoms with Crippen molar-refractivity contribution in [3.05, 3.63) is 0 Å². The lowest BCUT2D eigenvalue weighted by Gasteiger charge is -2.17. The van der Waals surface area contributed by atoms with E-state index >= 15 is 0 Å². The molecule has 0 aromatic heterocycles. The molecule has 1 amide bonds. The van der Waals surface area contributed by atoms with Gasteiger partial charge in [0.05, 0.1) is 19.4 Å². The number of methoxy groups -OCH3 is 1. The van der Waals surface area contributed by atoms with Crippen LogP contribution < -0.4 is 5.73 Å². The molecule has 0 spiro atoms. The van der Waals surface area contributed by atoms with E-state index in [1.165, 1.54) is 0 Å². The van der Waals surface area contributed by atoms with E-state index in [0.717, 1.165) is 7.11 Å². The van der Waals surface area contributed by atoms with E-state index in [1.54, 1.807) is 0 Å². The molecule has 7 heteroatoms. The summed E-state index contributed by atoms with van der Waals surface area (Å²) in [5, 5.41) is 0. The maximum Gasteiger partial charge on any atom is 0.392 e. The Kier molecular flexibility index (Phi) is 4.39. The van der Waals surface area contributed by atoms with Crippen molar-refractivity contribution in [3.63, 3.8) is 0 Å². The minimum Gasteiger partial charge on any atom is -0.469 e. The Morgan fingerprint density at radius 3 is 2.14 bits per heavy atom. The largest absolute Gasteiger partial charge is 0.469 e. The van der Waals surface area contributed by atoms with Gasteiger partial charge in [0, 0.05) is 6.42 Å². The first-order valence-corrected chi connectivity index (χ1v) is 3.69. The number of primary amides is 1. The average molecular weight is 213 g/mol. The Labute approximate surface area is 78.2 Å². The van der Waals surface area contributed by atoms with Crippen LogP contribution in [0.15, 0.2) is 0 Å². The smallest absolute Gasteiger partial charge is 0.392 e. The molecular weight excluding hydrogens is 203 g/mol. The highest BCUT2D eigenvalue weighted by molar-refractivity contribution is 5.76. The van der Waals surface area contributed by atoms with E-state index in [4.69, 9.17) is 0 Å². The van der Waals surface area contributed by atoms with Crippen molar-refractivity contribution in [1.29, 1.82) is 0 Å². The second kappa shape index (κ2) is 4.83. The number of ether oxygens (including phenoxy) is 1. The summed E-state index contributed by atoms with van der Waals surface area (Å²) in [5.74, 6) is -4.18. The van der Waals surface area contributed by atoms with Crippen LogP contribution in [0.25, 0.3) is 0 Å². The van der Waals surface area contributed by atoms with Crippen LogP contribution in [0.2, 0.25) is 0 Å². The van der Waals surface area contributed by atoms with Crippen molar-refractivity contribution in [2.45, 2.75) is 19.0 Å². The van der Waals surface area contributed by atoms with Crippen molar-refractivity contribution < 1.29 is 27.5 Å². The molecule has 0 heterocycles. The number of rotatable bonds is 4. The minimum atomic E-state index is -4.62. The summed E-state index contributed by atoms with van der Waals surface area (Å²) < 4.78 is 40.6. The van der Waals surface area contributed by atoms with Gasteiger partial charge < -0.3 is 10.5 Å². The van der Waals surface area contributed by atoms with Gasteiger partial charge in [-0.05, 0) is 0 Å². The summed E-state index contributed by atoms with van der Waals surface area (Å²) in [7, 11) is 0.972. The number of esters is 1. The maximum absolute atomic E-state index is 12.2. The normalized spacial score (nSPS) is 13.4. The van der Waals surface area contributed by atoms with Gasteiger partial charge in [-0.3, -0.25) is 9.59 Å². The zero-order valence-electron chi connectivity index (χ0n) is 7.43. The molecule has 0 aromatic carbocycles. The van der Waals surface area contributed by atoms with Crippen LogP contribution >= 0.6 is 0 Å². The minimum absolute atomic E-state index is 0.886. The molecule has 0 aliphatic carbocycles. The molecule has 1 unspecified atom stereocenters. The van der Waals surface area contributed by atoms with Gasteiger partial charge >= 0.3 is 12.1 Å². The number of amides is 1. The third-order valence-corrected chi connectivity index (χ3v) is 1.55. The number of nitrogens with two attached hydrogens (primary N) is 1. The van der Waals surface area contributed by atoms with Gasteiger partial charge in [-0.1, -0.05) is 0 Å². The van der Waals surface area contributed by atoms with E-state index in [-0.39, 0.29) is 0 Å². The summed E-state index contributed by atoms with van der Waals surface area (Å²) in [6.45, 7) is 0. The third kappa shape index (κ3) is 4.68. The Morgan fingerprint density at radius 1 is 1.36 bits per heavy atom. The summed E-state index contributed by atoms with van der Waals surface area (Å²) >= 11 is 0. The predicted molar refractivity (Wildman–Crippen MR) is 40.0 cm³/mol. The molecule has 0 rings (SSSR count). The number of hydrogen-bond donors (Lipinski definition) is 1. The Morgan fingerprint density at radius 2 is 1.86 bits per heavy atom. The van der Waals surface area contributed by atoms with Crippen LogP contribution in [0.4, 0.5) is 13.2 Å². The van der Waals surface area contributed by atoms with Crippen LogP contribution in [0.1, 0.15) is 12.8 Å². The monoisotopic (exact) mass is 213 g/mol. The van der Waals surface area contributed by atoms with Gasteiger partial charge in [-0.25, -0.2) is 0 Å². The lowest BCUT2D eigenvalue weighted by Crippen LogP contribution is -2.30. The van der Waals surface area contributed by atoms with Gasteiger partial charge in [-0.2, -0.15) is 13.2 Å². The second-order valence-electron chi connectivity index (χ2n) is 2.69. The summed E-state index contributed by atoms with van der Waals surface area (Å²) in [4.78, 5) is 20.9. The van der Waals surface area contributed by atoms with E-state index in [0.29, 0.717) is 0 Å². The molecule has 4 nitrogen and oxygen atoms in total. The molecular formula is C7H10F3NO3. The van der Waals surface area contributed by atoms with Crippen molar-refractivity contribution in [2.75, 3.05) is 7.11 Å². The first kappa shape index (κ1) is 12.7. The van der Waals surface area contributed by atoms with Crippen LogP contribution in [0.3, 0.4) is 0 Å². The fourth-order valence-corrected chi connectivity index (χ4v) is 0.831. The van der Waals surface area contributed by atoms with Crippen LogP contribution in [0.5, 0.6) is 0 Å². The van der Waals surface area contributed by atoms with E-state index in [1.807, 2.05) is 0 Å². The molecule has 0 fully saturated rings. The maximum atomic E-state index is 12.2. The van der Waals surface area contributed by atoms with Crippen molar-refractivity contribution >= 4 is 11.9 Å². The zero-order valence-corrected chi connectivity index (χ0v) is 7.43. The second-order valence-corrected chi connectivity index (χ2v) is 2.69. The van der Waals surface area contributed by atoms with Crippen LogP contribution in [-0.2, 0) is 14.3 Å². The van der Waals surface area contributed by atoms with Crippen molar-refractivity contribution in [3.8, 4) is 0 Å². The molecule has 0 saturated carbocycles. The van der Waals surface area contributed by atoms with E-state index < -0.39 is 36.8 Å². The SMILES string of the molecule is COC(=O)CC(CC(N)=O)C(F)(F)F. The highest BCUT2D eigenvalue weighted by Crippen LogP contribution is 2.31. The lowest BCUT2D eigenvalue weighted by atomic mass is 10.0. The first-order valence-electron chi connectivity index (χ1n) is 3.69. The zero-order chi connectivity index (χ0) is 11.4. The quantitative estimate of drug-likeness (QED) is 0.695. The average Bonchev–Trinajstić information content (AvgIpc) is 2.00. The molecule has 1 atom stereocenters. The third-order valence-electron chi connectivity index (χ3n) is 1.55. The van der Waals surface area contributed by atoms with Gasteiger partial charge in [0.15, 0.2) is 0 Å². The molecule has 0 aliphatic rings. The van der Waals surface area contributed by atoms with Gasteiger partial charge in [0.25, 0.3) is 0 Å². The summed E-state index contributed by atoms with van der Waals surface area (Å²) in [5.41, 5.74) is 4.62. The van der Waals surface area contributed by atoms with E-state index in [2.05, 4.69) is 10.5 Å². The van der Waals surface area contributed by atoms with Crippen LogP contribution in [0, 0.1) is 5.92 Å². The molecule has 82 valence electrons. The lowest BCUT2D eigenvalue weighted by molar-refractivity contribution is -0.186. The topological polar surface area (TPSA) is 69.4 Å². The van der Waals surface area contributed by atoms with Crippen molar-refractivity contribution in [2.24, 2.45) is 11.7 Å². The Hall–Kier alpha value is -1.27. The number of carbonyl (C=O) groups excluding carboxylic acids is 2. The molecule has 0 aliphatic heterocycles. The Bertz CT molecular complexity index is 227. The fourth-order valence-electron chi connectivity index (χ4n) is 0.831. The van der Waals surface area contributed by atoms with Crippen molar-refractivity contribution in [1.82, 2.24) is 0 Å². The summed E-state index contributed by atoms with van der Waals surface area (Å²) in [6.07, 6.45) is -6.41. The van der Waals surface area contributed by atoms with E-state index in [9.17, 15) is 22.8 Å². The number of halogens is 3. The van der Waals surface area contributed by atoms with Crippen LogP contribution in [-0.4, -0.2) is 25.2 Å². The first-order chi connectivity index (χ1) is 6.27. The van der Waals surface area contributed by atoms with Gasteiger partial charge in [-0.15, -0.1) is 0 Å².